The highest BCUT2D eigenvalue weighted by atomic mass is 16.2. The molecule has 0 atom stereocenters. The van der Waals surface area contributed by atoms with Crippen molar-refractivity contribution in [2.24, 2.45) is 0 Å². The zero-order chi connectivity index (χ0) is 14.1. The molecule has 1 aromatic heterocycles. The number of carbonyl (C=O) groups is 1. The molecule has 1 aliphatic carbocycles. The number of likely N-dealkylation sites (N-methyl/N-ethyl adjacent to an activating group) is 1. The smallest absolute Gasteiger partial charge is 0.242 e. The number of rotatable bonds is 4. The van der Waals surface area contributed by atoms with Gasteiger partial charge in [0.1, 0.15) is 12.4 Å². The van der Waals surface area contributed by atoms with E-state index < -0.39 is 0 Å². The zero-order valence-corrected chi connectivity index (χ0v) is 11.5. The van der Waals surface area contributed by atoms with Crippen LogP contribution < -0.4 is 5.73 Å². The van der Waals surface area contributed by atoms with Gasteiger partial charge < -0.3 is 15.2 Å². The van der Waals surface area contributed by atoms with E-state index >= 15 is 0 Å². The van der Waals surface area contributed by atoms with Crippen LogP contribution in [-0.2, 0) is 11.3 Å². The number of nitrogens with zero attached hydrogens (tertiary/aromatic N) is 3. The lowest BCUT2D eigenvalue weighted by Crippen LogP contribution is -2.32. The minimum atomic E-state index is 0.121. The normalized spacial score (nSPS) is 14.2. The molecule has 1 heterocycles. The molecule has 2 N–H and O–H groups in total. The number of hydrogen-bond acceptors (Lipinski definition) is 3. The van der Waals surface area contributed by atoms with Crippen molar-refractivity contribution in [3.8, 4) is 11.4 Å². The Morgan fingerprint density at radius 1 is 1.50 bits per heavy atom. The van der Waals surface area contributed by atoms with Crippen molar-refractivity contribution in [1.29, 1.82) is 0 Å². The van der Waals surface area contributed by atoms with Crippen LogP contribution in [0.1, 0.15) is 12.8 Å². The number of hydrogen-bond donors (Lipinski definition) is 1. The Hall–Kier alpha value is -2.30. The third kappa shape index (κ3) is 2.52. The van der Waals surface area contributed by atoms with Gasteiger partial charge in [-0.2, -0.15) is 0 Å². The molecule has 1 fully saturated rings. The van der Waals surface area contributed by atoms with Crippen molar-refractivity contribution < 1.29 is 4.79 Å². The van der Waals surface area contributed by atoms with Gasteiger partial charge in [-0.15, -0.1) is 0 Å². The standard InChI is InChI=1S/C15H18N4O/c1-18(13-5-6-13)14(20)10-19-8-7-17-15(19)11-3-2-4-12(16)9-11/h2-4,7-9,13H,5-6,10,16H2,1H3. The maximum Gasteiger partial charge on any atom is 0.242 e. The van der Waals surface area contributed by atoms with Crippen molar-refractivity contribution in [2.75, 3.05) is 12.8 Å². The first-order chi connectivity index (χ1) is 9.65. The lowest BCUT2D eigenvalue weighted by Gasteiger charge is -2.17. The summed E-state index contributed by atoms with van der Waals surface area (Å²) in [6.45, 7) is 0.317. The van der Waals surface area contributed by atoms with E-state index in [0.29, 0.717) is 18.3 Å². The maximum absolute atomic E-state index is 12.2. The van der Waals surface area contributed by atoms with Gasteiger partial charge >= 0.3 is 0 Å². The Kier molecular flexibility index (Phi) is 3.18. The number of carbonyl (C=O) groups excluding carboxylic acids is 1. The number of aromatic nitrogens is 2. The van der Waals surface area contributed by atoms with Crippen molar-refractivity contribution in [3.05, 3.63) is 36.7 Å². The largest absolute Gasteiger partial charge is 0.399 e. The van der Waals surface area contributed by atoms with Crippen LogP contribution in [0.5, 0.6) is 0 Å². The molecule has 1 aromatic carbocycles. The second kappa shape index (κ2) is 5.00. The van der Waals surface area contributed by atoms with E-state index in [-0.39, 0.29) is 5.91 Å². The predicted octanol–water partition coefficient (Wildman–Crippen LogP) is 1.75. The van der Waals surface area contributed by atoms with E-state index in [4.69, 9.17) is 5.73 Å². The zero-order valence-electron chi connectivity index (χ0n) is 11.5. The van der Waals surface area contributed by atoms with E-state index in [1.807, 2.05) is 47.0 Å². The number of benzene rings is 1. The van der Waals surface area contributed by atoms with Crippen molar-refractivity contribution >= 4 is 11.6 Å². The highest BCUT2D eigenvalue weighted by Crippen LogP contribution is 2.26. The van der Waals surface area contributed by atoms with Gasteiger partial charge in [0.2, 0.25) is 5.91 Å². The third-order valence-electron chi connectivity index (χ3n) is 3.65. The lowest BCUT2D eigenvalue weighted by molar-refractivity contribution is -0.131. The summed E-state index contributed by atoms with van der Waals surface area (Å²) in [5.41, 5.74) is 7.42. The molecule has 0 unspecified atom stereocenters. The van der Waals surface area contributed by atoms with Gasteiger partial charge in [-0.1, -0.05) is 12.1 Å². The SMILES string of the molecule is CN(C(=O)Cn1ccnc1-c1cccc(N)c1)C1CC1. The summed E-state index contributed by atoms with van der Waals surface area (Å²) in [5, 5.41) is 0. The summed E-state index contributed by atoms with van der Waals surface area (Å²) in [6, 6.07) is 7.98. The van der Waals surface area contributed by atoms with Gasteiger partial charge in [-0.3, -0.25) is 4.79 Å². The molecule has 1 saturated carbocycles. The van der Waals surface area contributed by atoms with E-state index in [1.54, 1.807) is 6.20 Å². The molecule has 20 heavy (non-hydrogen) atoms. The fourth-order valence-corrected chi connectivity index (χ4v) is 2.30. The average Bonchev–Trinajstić information content (AvgIpc) is 3.18. The van der Waals surface area contributed by atoms with Crippen molar-refractivity contribution in [1.82, 2.24) is 14.5 Å². The number of nitrogen functional groups attached to an aromatic ring is 1. The van der Waals surface area contributed by atoms with Crippen molar-refractivity contribution in [2.45, 2.75) is 25.4 Å². The van der Waals surface area contributed by atoms with Crippen LogP contribution in [0.15, 0.2) is 36.7 Å². The van der Waals surface area contributed by atoms with Gasteiger partial charge in [0.15, 0.2) is 0 Å². The summed E-state index contributed by atoms with van der Waals surface area (Å²) in [4.78, 5) is 18.4. The average molecular weight is 270 g/mol. The van der Waals surface area contributed by atoms with Gasteiger partial charge in [0.05, 0.1) is 0 Å². The minimum absolute atomic E-state index is 0.121. The quantitative estimate of drug-likeness (QED) is 0.861. The number of anilines is 1. The molecule has 2 aromatic rings. The highest BCUT2D eigenvalue weighted by molar-refractivity contribution is 5.77. The van der Waals surface area contributed by atoms with Gasteiger partial charge in [-0.05, 0) is 25.0 Å². The number of imidazole rings is 1. The van der Waals surface area contributed by atoms with E-state index in [9.17, 15) is 4.79 Å². The van der Waals surface area contributed by atoms with Crippen LogP contribution in [0, 0.1) is 0 Å². The molecular formula is C15H18N4O. The summed E-state index contributed by atoms with van der Waals surface area (Å²) >= 11 is 0. The minimum Gasteiger partial charge on any atom is -0.399 e. The molecular weight excluding hydrogens is 252 g/mol. The van der Waals surface area contributed by atoms with E-state index in [1.165, 1.54) is 0 Å². The topological polar surface area (TPSA) is 64.2 Å². The number of nitrogens with two attached hydrogens (primary N) is 1. The molecule has 0 bridgehead atoms. The molecule has 5 nitrogen and oxygen atoms in total. The Morgan fingerprint density at radius 2 is 2.30 bits per heavy atom. The second-order valence-electron chi connectivity index (χ2n) is 5.24. The van der Waals surface area contributed by atoms with E-state index in [2.05, 4.69) is 4.98 Å². The summed E-state index contributed by atoms with van der Waals surface area (Å²) in [7, 11) is 1.87. The summed E-state index contributed by atoms with van der Waals surface area (Å²) in [6.07, 6.45) is 5.78. The molecule has 3 rings (SSSR count). The van der Waals surface area contributed by atoms with Crippen LogP contribution in [0.3, 0.4) is 0 Å². The maximum atomic E-state index is 12.2. The Labute approximate surface area is 118 Å². The molecule has 5 heteroatoms. The third-order valence-corrected chi connectivity index (χ3v) is 3.65. The van der Waals surface area contributed by atoms with Crippen LogP contribution in [-0.4, -0.2) is 33.4 Å². The molecule has 0 spiro atoms. The molecule has 1 amide bonds. The molecule has 1 aliphatic rings. The molecule has 104 valence electrons. The van der Waals surface area contributed by atoms with Crippen molar-refractivity contribution in [3.63, 3.8) is 0 Å². The fraction of sp³-hybridized carbons (Fsp3) is 0.333. The monoisotopic (exact) mass is 270 g/mol. The molecule has 0 aliphatic heterocycles. The predicted molar refractivity (Wildman–Crippen MR) is 77.9 cm³/mol. The first-order valence-electron chi connectivity index (χ1n) is 6.78. The summed E-state index contributed by atoms with van der Waals surface area (Å²) in [5.74, 6) is 0.894. The first kappa shape index (κ1) is 12.7. The molecule has 0 saturated heterocycles. The first-order valence-corrected chi connectivity index (χ1v) is 6.78. The van der Waals surface area contributed by atoms with Gasteiger partial charge in [0, 0.05) is 36.7 Å². The summed E-state index contributed by atoms with van der Waals surface area (Å²) < 4.78 is 1.87. The van der Waals surface area contributed by atoms with Crippen LogP contribution in [0.4, 0.5) is 5.69 Å². The van der Waals surface area contributed by atoms with Gasteiger partial charge in [-0.25, -0.2) is 4.98 Å². The van der Waals surface area contributed by atoms with Gasteiger partial charge in [0.25, 0.3) is 0 Å². The van der Waals surface area contributed by atoms with E-state index in [0.717, 1.165) is 24.2 Å². The molecule has 0 radical (unpaired) electrons. The van der Waals surface area contributed by atoms with Crippen LogP contribution in [0.25, 0.3) is 11.4 Å². The number of amides is 1. The second-order valence-corrected chi connectivity index (χ2v) is 5.24. The highest BCUT2D eigenvalue weighted by Gasteiger charge is 2.29. The fourth-order valence-electron chi connectivity index (χ4n) is 2.30. The lowest BCUT2D eigenvalue weighted by atomic mass is 10.2. The Morgan fingerprint density at radius 3 is 3.00 bits per heavy atom. The Balaban J connectivity index is 1.81. The Bertz CT molecular complexity index is 630. The van der Waals surface area contributed by atoms with Crippen LogP contribution in [0.2, 0.25) is 0 Å². The van der Waals surface area contributed by atoms with Crippen LogP contribution >= 0.6 is 0 Å².